The summed E-state index contributed by atoms with van der Waals surface area (Å²) < 4.78 is 3.62. The van der Waals surface area contributed by atoms with Gasteiger partial charge in [-0.15, -0.1) is 6.42 Å². The third-order valence-corrected chi connectivity index (χ3v) is 6.58. The summed E-state index contributed by atoms with van der Waals surface area (Å²) in [6.45, 7) is 2.25. The van der Waals surface area contributed by atoms with Crippen molar-refractivity contribution in [3.63, 3.8) is 0 Å². The fourth-order valence-corrected chi connectivity index (χ4v) is 4.84. The highest BCUT2D eigenvalue weighted by Gasteiger charge is 2.26. The Labute approximate surface area is 205 Å². The van der Waals surface area contributed by atoms with Gasteiger partial charge in [0.25, 0.3) is 5.56 Å². The molecule has 0 amide bonds. The molecule has 0 saturated carbocycles. The SMILES string of the molecule is C#CCn1c(CCc2ccccc2)nc2nc(N3CCCC(N)C3)n(Cc3ccccc3)c2c1=O. The predicted molar refractivity (Wildman–Crippen MR) is 139 cm³/mol. The van der Waals surface area contributed by atoms with Gasteiger partial charge in [-0.2, -0.15) is 4.98 Å². The molecule has 5 rings (SSSR count). The largest absolute Gasteiger partial charge is 0.341 e. The molecule has 2 N–H and O–H groups in total. The van der Waals surface area contributed by atoms with Crippen LogP contribution in [0.1, 0.15) is 29.8 Å². The molecule has 1 atom stereocenters. The highest BCUT2D eigenvalue weighted by molar-refractivity contribution is 5.74. The van der Waals surface area contributed by atoms with Gasteiger partial charge in [0.1, 0.15) is 5.82 Å². The Bertz CT molecular complexity index is 1400. The second-order valence-corrected chi connectivity index (χ2v) is 9.11. The molecule has 3 heterocycles. The van der Waals surface area contributed by atoms with Gasteiger partial charge in [0, 0.05) is 25.6 Å². The van der Waals surface area contributed by atoms with Crippen molar-refractivity contribution in [3.8, 4) is 12.3 Å². The minimum atomic E-state index is -0.146. The highest BCUT2D eigenvalue weighted by atomic mass is 16.1. The quantitative estimate of drug-likeness (QED) is 0.424. The minimum absolute atomic E-state index is 0.0845. The van der Waals surface area contributed by atoms with Crippen molar-refractivity contribution in [1.29, 1.82) is 0 Å². The van der Waals surface area contributed by atoms with Crippen LogP contribution in [0.3, 0.4) is 0 Å². The van der Waals surface area contributed by atoms with Crippen LogP contribution in [0.5, 0.6) is 0 Å². The third kappa shape index (κ3) is 4.84. The molecule has 1 aliphatic heterocycles. The molecule has 0 radical (unpaired) electrons. The molecule has 7 heteroatoms. The zero-order valence-corrected chi connectivity index (χ0v) is 19.8. The number of hydrogen-bond donors (Lipinski definition) is 1. The third-order valence-electron chi connectivity index (χ3n) is 6.58. The molecule has 1 unspecified atom stereocenters. The van der Waals surface area contributed by atoms with Gasteiger partial charge in [-0.05, 0) is 30.4 Å². The number of aromatic nitrogens is 4. The molecule has 0 bridgehead atoms. The first-order valence-corrected chi connectivity index (χ1v) is 12.2. The van der Waals surface area contributed by atoms with Gasteiger partial charge in [0.2, 0.25) is 5.95 Å². The molecule has 4 aromatic rings. The number of imidazole rings is 1. The van der Waals surface area contributed by atoms with Crippen LogP contribution >= 0.6 is 0 Å². The number of aryl methyl sites for hydroxylation is 2. The van der Waals surface area contributed by atoms with Crippen molar-refractivity contribution >= 4 is 17.1 Å². The average Bonchev–Trinajstić information content (AvgIpc) is 3.24. The second-order valence-electron chi connectivity index (χ2n) is 9.11. The first kappa shape index (κ1) is 22.9. The van der Waals surface area contributed by atoms with E-state index in [1.165, 1.54) is 5.56 Å². The maximum atomic E-state index is 13.8. The lowest BCUT2D eigenvalue weighted by molar-refractivity contribution is 0.495. The highest BCUT2D eigenvalue weighted by Crippen LogP contribution is 2.24. The predicted octanol–water partition coefficient (Wildman–Crippen LogP) is 2.99. The number of anilines is 1. The molecule has 0 spiro atoms. The van der Waals surface area contributed by atoms with E-state index in [0.29, 0.717) is 36.5 Å². The summed E-state index contributed by atoms with van der Waals surface area (Å²) in [5.74, 6) is 4.05. The van der Waals surface area contributed by atoms with E-state index < -0.39 is 0 Å². The molecular weight excluding hydrogens is 436 g/mol. The van der Waals surface area contributed by atoms with Gasteiger partial charge in [0.15, 0.2) is 11.2 Å². The summed E-state index contributed by atoms with van der Waals surface area (Å²) >= 11 is 0. The Hall–Kier alpha value is -3.89. The van der Waals surface area contributed by atoms with E-state index in [1.54, 1.807) is 4.57 Å². The molecule has 7 nitrogen and oxygen atoms in total. The molecule has 0 aliphatic carbocycles. The van der Waals surface area contributed by atoms with Gasteiger partial charge in [-0.3, -0.25) is 13.9 Å². The van der Waals surface area contributed by atoms with Crippen LogP contribution in [0.2, 0.25) is 0 Å². The van der Waals surface area contributed by atoms with Crippen LogP contribution in [0.4, 0.5) is 5.95 Å². The van der Waals surface area contributed by atoms with Gasteiger partial charge in [-0.1, -0.05) is 66.6 Å². The molecule has 2 aromatic heterocycles. The average molecular weight is 467 g/mol. The topological polar surface area (TPSA) is 82.0 Å². The number of rotatable bonds is 7. The fourth-order valence-electron chi connectivity index (χ4n) is 4.84. The van der Waals surface area contributed by atoms with Gasteiger partial charge in [-0.25, -0.2) is 4.98 Å². The zero-order chi connectivity index (χ0) is 24.2. The maximum absolute atomic E-state index is 13.8. The van der Waals surface area contributed by atoms with Crippen LogP contribution in [0.25, 0.3) is 11.2 Å². The number of fused-ring (bicyclic) bond motifs is 1. The number of hydrogen-bond acceptors (Lipinski definition) is 5. The summed E-state index contributed by atoms with van der Waals surface area (Å²) in [6, 6.07) is 20.4. The monoisotopic (exact) mass is 466 g/mol. The lowest BCUT2D eigenvalue weighted by Gasteiger charge is -2.31. The van der Waals surface area contributed by atoms with Crippen LogP contribution in [-0.4, -0.2) is 38.2 Å². The molecule has 2 aromatic carbocycles. The van der Waals surface area contributed by atoms with E-state index in [9.17, 15) is 4.79 Å². The van der Waals surface area contributed by atoms with Crippen LogP contribution in [0, 0.1) is 12.3 Å². The van der Waals surface area contributed by atoms with Gasteiger partial charge >= 0.3 is 0 Å². The van der Waals surface area contributed by atoms with E-state index in [1.807, 2.05) is 41.0 Å². The van der Waals surface area contributed by atoms with Crippen molar-refractivity contribution in [2.24, 2.45) is 5.73 Å². The van der Waals surface area contributed by atoms with E-state index in [0.717, 1.165) is 37.3 Å². The van der Waals surface area contributed by atoms with Crippen molar-refractivity contribution < 1.29 is 0 Å². The Kier molecular flexibility index (Phi) is 6.64. The molecule has 178 valence electrons. The molecule has 35 heavy (non-hydrogen) atoms. The van der Waals surface area contributed by atoms with Crippen molar-refractivity contribution in [2.45, 2.75) is 44.8 Å². The first-order valence-electron chi connectivity index (χ1n) is 12.2. The number of nitrogens with two attached hydrogens (primary N) is 1. The fraction of sp³-hybridized carbons (Fsp3) is 0.321. The lowest BCUT2D eigenvalue weighted by Crippen LogP contribution is -2.44. The smallest absolute Gasteiger partial charge is 0.280 e. The van der Waals surface area contributed by atoms with Gasteiger partial charge < -0.3 is 10.6 Å². The molecule has 1 aliphatic rings. The maximum Gasteiger partial charge on any atom is 0.280 e. The van der Waals surface area contributed by atoms with Crippen molar-refractivity contribution in [2.75, 3.05) is 18.0 Å². The summed E-state index contributed by atoms with van der Waals surface area (Å²) in [5.41, 5.74) is 9.37. The summed E-state index contributed by atoms with van der Waals surface area (Å²) in [7, 11) is 0. The molecule has 1 saturated heterocycles. The van der Waals surface area contributed by atoms with E-state index in [-0.39, 0.29) is 18.1 Å². The lowest BCUT2D eigenvalue weighted by atomic mass is 10.1. The molecule has 1 fully saturated rings. The number of nitrogens with zero attached hydrogens (tertiary/aromatic N) is 5. The summed E-state index contributed by atoms with van der Waals surface area (Å²) in [4.78, 5) is 25.8. The van der Waals surface area contributed by atoms with Crippen LogP contribution < -0.4 is 16.2 Å². The first-order chi connectivity index (χ1) is 17.1. The Morgan fingerprint density at radius 1 is 0.971 bits per heavy atom. The Morgan fingerprint density at radius 2 is 1.69 bits per heavy atom. The Balaban J connectivity index is 1.63. The summed E-state index contributed by atoms with van der Waals surface area (Å²) in [5, 5.41) is 0. The van der Waals surface area contributed by atoms with E-state index >= 15 is 0 Å². The number of terminal acetylenes is 1. The standard InChI is InChI=1S/C28H30N6O/c1-2-17-33-24(16-15-21-10-5-3-6-11-21)30-26-25(27(33)35)34(19-22-12-7-4-8-13-22)28(31-26)32-18-9-14-23(29)20-32/h1,3-8,10-13,23H,9,14-20,29H2. The van der Waals surface area contributed by atoms with Crippen LogP contribution in [0.15, 0.2) is 65.5 Å². The minimum Gasteiger partial charge on any atom is -0.341 e. The van der Waals surface area contributed by atoms with E-state index in [4.69, 9.17) is 22.1 Å². The number of benzene rings is 2. The van der Waals surface area contributed by atoms with Crippen LogP contribution in [-0.2, 0) is 25.9 Å². The summed E-state index contributed by atoms with van der Waals surface area (Å²) in [6.07, 6.45) is 9.02. The second kappa shape index (κ2) is 10.2. The molecular formula is C28H30N6O. The zero-order valence-electron chi connectivity index (χ0n) is 19.8. The van der Waals surface area contributed by atoms with Crippen molar-refractivity contribution in [3.05, 3.63) is 88.0 Å². The normalized spacial score (nSPS) is 15.9. The number of piperidine rings is 1. The van der Waals surface area contributed by atoms with E-state index in [2.05, 4.69) is 35.1 Å². The Morgan fingerprint density at radius 3 is 2.37 bits per heavy atom. The van der Waals surface area contributed by atoms with Gasteiger partial charge in [0.05, 0.1) is 13.1 Å². The van der Waals surface area contributed by atoms with Crippen molar-refractivity contribution in [1.82, 2.24) is 19.1 Å².